The van der Waals surface area contributed by atoms with Gasteiger partial charge in [0.05, 0.1) is 4.70 Å². The van der Waals surface area contributed by atoms with Crippen molar-refractivity contribution in [2.75, 3.05) is 0 Å². The highest BCUT2D eigenvalue weighted by atomic mass is 32.1. The third-order valence-electron chi connectivity index (χ3n) is 3.05. The van der Waals surface area contributed by atoms with Crippen LogP contribution in [0, 0.1) is 0 Å². The summed E-state index contributed by atoms with van der Waals surface area (Å²) >= 11 is 1.39. The Morgan fingerprint density at radius 2 is 2.18 bits per heavy atom. The summed E-state index contributed by atoms with van der Waals surface area (Å²) in [5.74, 6) is -0.676. The Kier molecular flexibility index (Phi) is 2.80. The molecule has 4 aromatic rings. The molecule has 4 rings (SSSR count). The van der Waals surface area contributed by atoms with Crippen LogP contribution in [0.3, 0.4) is 0 Å². The van der Waals surface area contributed by atoms with Gasteiger partial charge in [0.15, 0.2) is 5.65 Å². The van der Waals surface area contributed by atoms with E-state index in [0.29, 0.717) is 27.6 Å². The van der Waals surface area contributed by atoms with Crippen molar-refractivity contribution in [1.82, 2.24) is 9.97 Å². The largest absolute Gasteiger partial charge is 0.475 e. The third kappa shape index (κ3) is 2.17. The van der Waals surface area contributed by atoms with Gasteiger partial charge in [-0.2, -0.15) is 4.98 Å². The number of carbonyl (C=O) groups is 1. The van der Waals surface area contributed by atoms with E-state index in [1.807, 2.05) is 12.1 Å². The number of thiazole rings is 1. The number of aromatic nitrogens is 2. The van der Waals surface area contributed by atoms with E-state index in [1.165, 1.54) is 17.4 Å². The molecule has 0 amide bonds. The zero-order valence-corrected chi connectivity index (χ0v) is 11.8. The molecular weight excluding hydrogens is 304 g/mol. The number of benzene rings is 1. The molecule has 0 spiro atoms. The van der Waals surface area contributed by atoms with Crippen molar-refractivity contribution in [3.05, 3.63) is 48.4 Å². The molecule has 0 unspecified atom stereocenters. The van der Waals surface area contributed by atoms with E-state index in [4.69, 9.17) is 14.3 Å². The van der Waals surface area contributed by atoms with Gasteiger partial charge in [-0.15, -0.1) is 0 Å². The van der Waals surface area contributed by atoms with Crippen LogP contribution < -0.4 is 4.74 Å². The first-order valence-corrected chi connectivity index (χ1v) is 7.17. The lowest BCUT2D eigenvalue weighted by atomic mass is 10.2. The zero-order chi connectivity index (χ0) is 15.1. The molecule has 0 bridgehead atoms. The molecule has 0 atom stereocenters. The van der Waals surface area contributed by atoms with Gasteiger partial charge in [0.1, 0.15) is 11.3 Å². The maximum Gasteiger partial charge on any atom is 0.371 e. The number of fused-ring (bicyclic) bond motifs is 2. The van der Waals surface area contributed by atoms with E-state index in [9.17, 15) is 4.79 Å². The fraction of sp³-hybridized carbons (Fsp3) is 0. The van der Waals surface area contributed by atoms with Gasteiger partial charge in [0, 0.05) is 17.6 Å². The van der Waals surface area contributed by atoms with Gasteiger partial charge in [0.25, 0.3) is 5.19 Å². The molecular formula is C15H8N2O4S. The molecule has 1 aromatic carbocycles. The number of pyridine rings is 1. The first kappa shape index (κ1) is 12.8. The van der Waals surface area contributed by atoms with Crippen molar-refractivity contribution in [1.29, 1.82) is 0 Å². The number of hydrogen-bond donors (Lipinski definition) is 1. The van der Waals surface area contributed by atoms with E-state index in [1.54, 1.807) is 24.4 Å². The average molecular weight is 312 g/mol. The highest BCUT2D eigenvalue weighted by Crippen LogP contribution is 2.32. The van der Waals surface area contributed by atoms with Crippen LogP contribution in [0.1, 0.15) is 10.6 Å². The number of aromatic carboxylic acids is 1. The van der Waals surface area contributed by atoms with Crippen LogP contribution in [0.25, 0.3) is 21.3 Å². The van der Waals surface area contributed by atoms with Gasteiger partial charge in [-0.05, 0) is 30.3 Å². The fourth-order valence-corrected chi connectivity index (χ4v) is 2.87. The SMILES string of the molecule is O=C(O)c1cc2ccc(Oc3nc4ncccc4s3)cc2o1. The zero-order valence-electron chi connectivity index (χ0n) is 11.0. The molecule has 3 aromatic heterocycles. The number of carboxylic acid groups (broad SMARTS) is 1. The van der Waals surface area contributed by atoms with E-state index in [0.717, 1.165) is 4.70 Å². The lowest BCUT2D eigenvalue weighted by Gasteiger charge is -2.00. The Morgan fingerprint density at radius 3 is 3.00 bits per heavy atom. The van der Waals surface area contributed by atoms with Crippen molar-refractivity contribution in [2.24, 2.45) is 0 Å². The number of furan rings is 1. The van der Waals surface area contributed by atoms with Gasteiger partial charge >= 0.3 is 5.97 Å². The molecule has 0 saturated heterocycles. The van der Waals surface area contributed by atoms with Gasteiger partial charge in [0.2, 0.25) is 5.76 Å². The standard InChI is InChI=1S/C15H8N2O4S/c18-14(19)11-6-8-3-4-9(7-10(8)21-11)20-15-17-13-12(22-15)2-1-5-16-13/h1-7H,(H,18,19). The van der Waals surface area contributed by atoms with Crippen LogP contribution in [0.4, 0.5) is 0 Å². The Bertz CT molecular complexity index is 972. The van der Waals surface area contributed by atoms with Gasteiger partial charge in [-0.25, -0.2) is 9.78 Å². The summed E-state index contributed by atoms with van der Waals surface area (Å²) in [7, 11) is 0. The molecule has 0 aliphatic carbocycles. The van der Waals surface area contributed by atoms with E-state index >= 15 is 0 Å². The minimum absolute atomic E-state index is 0.101. The Labute approximate surface area is 127 Å². The summed E-state index contributed by atoms with van der Waals surface area (Å²) in [5.41, 5.74) is 1.09. The molecule has 0 aliphatic heterocycles. The first-order chi connectivity index (χ1) is 10.7. The fourth-order valence-electron chi connectivity index (χ4n) is 2.07. The van der Waals surface area contributed by atoms with Gasteiger partial charge in [-0.3, -0.25) is 0 Å². The van der Waals surface area contributed by atoms with Crippen LogP contribution in [0.2, 0.25) is 0 Å². The van der Waals surface area contributed by atoms with Crippen LogP contribution in [0.15, 0.2) is 47.0 Å². The topological polar surface area (TPSA) is 85.5 Å². The first-order valence-electron chi connectivity index (χ1n) is 6.35. The second kappa shape index (κ2) is 4.81. The molecule has 6 nitrogen and oxygen atoms in total. The predicted octanol–water partition coefficient (Wildman–Crippen LogP) is 3.93. The summed E-state index contributed by atoms with van der Waals surface area (Å²) in [5, 5.41) is 10.1. The Balaban J connectivity index is 1.69. The quantitative estimate of drug-likeness (QED) is 0.617. The van der Waals surface area contributed by atoms with Gasteiger partial charge in [-0.1, -0.05) is 11.3 Å². The predicted molar refractivity (Wildman–Crippen MR) is 80.7 cm³/mol. The highest BCUT2D eigenvalue weighted by Gasteiger charge is 2.12. The van der Waals surface area contributed by atoms with E-state index in [2.05, 4.69) is 9.97 Å². The minimum Gasteiger partial charge on any atom is -0.475 e. The maximum absolute atomic E-state index is 10.9. The molecule has 0 aliphatic rings. The third-order valence-corrected chi connectivity index (χ3v) is 3.94. The molecule has 22 heavy (non-hydrogen) atoms. The maximum atomic E-state index is 10.9. The van der Waals surface area contributed by atoms with E-state index in [-0.39, 0.29) is 5.76 Å². The minimum atomic E-state index is -1.10. The lowest BCUT2D eigenvalue weighted by molar-refractivity contribution is 0.0665. The normalized spacial score (nSPS) is 11.1. The molecule has 3 heterocycles. The number of ether oxygens (including phenoxy) is 1. The lowest BCUT2D eigenvalue weighted by Crippen LogP contribution is -1.91. The molecule has 7 heteroatoms. The monoisotopic (exact) mass is 312 g/mol. The second-order valence-electron chi connectivity index (χ2n) is 4.52. The van der Waals surface area contributed by atoms with Crippen molar-refractivity contribution in [3.8, 4) is 10.9 Å². The van der Waals surface area contributed by atoms with E-state index < -0.39 is 5.97 Å². The average Bonchev–Trinajstić information content (AvgIpc) is 3.09. The number of rotatable bonds is 3. The highest BCUT2D eigenvalue weighted by molar-refractivity contribution is 7.20. The Morgan fingerprint density at radius 1 is 1.27 bits per heavy atom. The van der Waals surface area contributed by atoms with Crippen LogP contribution in [-0.4, -0.2) is 21.0 Å². The van der Waals surface area contributed by atoms with Gasteiger partial charge < -0.3 is 14.3 Å². The van der Waals surface area contributed by atoms with Crippen molar-refractivity contribution in [3.63, 3.8) is 0 Å². The summed E-state index contributed by atoms with van der Waals surface area (Å²) < 4.78 is 11.9. The number of hydrogen-bond acceptors (Lipinski definition) is 6. The smallest absolute Gasteiger partial charge is 0.371 e. The summed E-state index contributed by atoms with van der Waals surface area (Å²) in [4.78, 5) is 19.3. The van der Waals surface area contributed by atoms with Crippen LogP contribution in [-0.2, 0) is 0 Å². The molecule has 1 N–H and O–H groups in total. The second-order valence-corrected chi connectivity index (χ2v) is 5.52. The van der Waals surface area contributed by atoms with Crippen molar-refractivity contribution in [2.45, 2.75) is 0 Å². The summed E-state index contributed by atoms with van der Waals surface area (Å²) in [6.45, 7) is 0. The summed E-state index contributed by atoms with van der Waals surface area (Å²) in [6.07, 6.45) is 1.67. The van der Waals surface area contributed by atoms with Crippen molar-refractivity contribution < 1.29 is 19.1 Å². The van der Waals surface area contributed by atoms with Crippen LogP contribution >= 0.6 is 11.3 Å². The molecule has 0 fully saturated rings. The molecule has 108 valence electrons. The Hall–Kier alpha value is -2.93. The summed E-state index contributed by atoms with van der Waals surface area (Å²) in [6, 6.07) is 10.4. The van der Waals surface area contributed by atoms with Crippen molar-refractivity contribution >= 4 is 38.6 Å². The van der Waals surface area contributed by atoms with Crippen LogP contribution in [0.5, 0.6) is 10.9 Å². The molecule has 0 saturated carbocycles. The molecule has 0 radical (unpaired) electrons. The number of carboxylic acids is 1. The number of nitrogens with zero attached hydrogens (tertiary/aromatic N) is 2.